The number of rotatable bonds is 5. The second-order valence-electron chi connectivity index (χ2n) is 4.01. The molecule has 0 fully saturated rings. The van der Waals surface area contributed by atoms with Crippen LogP contribution in [0.5, 0.6) is 0 Å². The van der Waals surface area contributed by atoms with Gasteiger partial charge in [-0.1, -0.05) is 0 Å². The molecule has 0 aromatic carbocycles. The van der Waals surface area contributed by atoms with E-state index in [-0.39, 0.29) is 0 Å². The molecule has 0 aromatic heterocycles. The van der Waals surface area contributed by atoms with E-state index in [0.717, 1.165) is 24.1 Å². The quantitative estimate of drug-likeness (QED) is 0.332. The van der Waals surface area contributed by atoms with E-state index >= 15 is 0 Å². The van der Waals surface area contributed by atoms with Crippen LogP contribution in [0.1, 0.15) is 6.42 Å². The van der Waals surface area contributed by atoms with Crippen LogP contribution in [0.25, 0.3) is 0 Å². The van der Waals surface area contributed by atoms with Gasteiger partial charge in [0.15, 0.2) is 0 Å². The van der Waals surface area contributed by atoms with Crippen molar-refractivity contribution in [2.24, 2.45) is 0 Å². The third-order valence-corrected chi connectivity index (χ3v) is 1.32. The van der Waals surface area contributed by atoms with Gasteiger partial charge in [0.05, 0.1) is 34.3 Å². The molecule has 0 radical (unpaired) electrons. The molecule has 0 aliphatic carbocycles. The summed E-state index contributed by atoms with van der Waals surface area (Å²) in [5.74, 6) is 0. The molecule has 3 nitrogen and oxygen atoms in total. The Bertz CT molecular complexity index is 96.8. The molecule has 0 spiro atoms. The van der Waals surface area contributed by atoms with Crippen molar-refractivity contribution in [2.45, 2.75) is 6.42 Å². The zero-order valence-electron chi connectivity index (χ0n) is 8.42. The molecule has 11 heavy (non-hydrogen) atoms. The second kappa shape index (κ2) is 4.70. The maximum atomic E-state index is 5.26. The van der Waals surface area contributed by atoms with Crippen molar-refractivity contribution in [3.05, 3.63) is 0 Å². The molecular formula is C8H21N2O+. The van der Waals surface area contributed by atoms with Crippen molar-refractivity contribution in [2.75, 3.05) is 48.4 Å². The summed E-state index contributed by atoms with van der Waals surface area (Å²) >= 11 is 0. The Kier molecular flexibility index (Phi) is 4.65. The van der Waals surface area contributed by atoms with Crippen LogP contribution in [0.3, 0.4) is 0 Å². The molecule has 0 amide bonds. The highest BCUT2D eigenvalue weighted by Gasteiger charge is 2.05. The minimum Gasteiger partial charge on any atom is -0.331 e. The van der Waals surface area contributed by atoms with Gasteiger partial charge >= 0.3 is 0 Å². The molecule has 0 atom stereocenters. The normalized spacial score (nSPS) is 12.5. The lowest BCUT2D eigenvalue weighted by Gasteiger charge is -2.23. The van der Waals surface area contributed by atoms with Gasteiger partial charge in [-0.25, -0.2) is 0 Å². The smallest absolute Gasteiger partial charge is 0.0803 e. The van der Waals surface area contributed by atoms with E-state index in [4.69, 9.17) is 4.84 Å². The molecule has 0 rings (SSSR count). The number of hydrogen-bond donors (Lipinski definition) is 0. The Balaban J connectivity index is 3.15. The Morgan fingerprint density at radius 1 is 1.18 bits per heavy atom. The molecule has 68 valence electrons. The number of nitrogens with zero attached hydrogens (tertiary/aromatic N) is 2. The molecule has 0 N–H and O–H groups in total. The molecule has 0 heterocycles. The van der Waals surface area contributed by atoms with Gasteiger partial charge in [-0.3, -0.25) is 4.84 Å². The van der Waals surface area contributed by atoms with Crippen molar-refractivity contribution in [3.63, 3.8) is 0 Å². The zero-order chi connectivity index (χ0) is 8.91. The van der Waals surface area contributed by atoms with E-state index in [1.54, 1.807) is 5.06 Å². The summed E-state index contributed by atoms with van der Waals surface area (Å²) in [5.41, 5.74) is 0. The average Bonchev–Trinajstić information content (AvgIpc) is 1.78. The minimum absolute atomic E-state index is 0.822. The fraction of sp³-hybridized carbons (Fsp3) is 1.00. The fourth-order valence-electron chi connectivity index (χ4n) is 0.786. The zero-order valence-corrected chi connectivity index (χ0v) is 8.42. The molecule has 3 heteroatoms. The first-order valence-corrected chi connectivity index (χ1v) is 4.02. The van der Waals surface area contributed by atoms with Crippen LogP contribution >= 0.6 is 0 Å². The average molecular weight is 161 g/mol. The van der Waals surface area contributed by atoms with E-state index in [9.17, 15) is 0 Å². The SMILES string of the molecule is CN(C)OCCC[N+](C)(C)C. The van der Waals surface area contributed by atoms with Crippen LogP contribution in [0.4, 0.5) is 0 Å². The molecule has 0 aliphatic heterocycles. The highest BCUT2D eigenvalue weighted by Crippen LogP contribution is 1.94. The fourth-order valence-corrected chi connectivity index (χ4v) is 0.786. The summed E-state index contributed by atoms with van der Waals surface area (Å²) in [6, 6.07) is 0. The second-order valence-corrected chi connectivity index (χ2v) is 4.01. The van der Waals surface area contributed by atoms with Gasteiger partial charge in [0.25, 0.3) is 0 Å². The lowest BCUT2D eigenvalue weighted by molar-refractivity contribution is -0.870. The number of quaternary nitrogens is 1. The van der Waals surface area contributed by atoms with Crippen molar-refractivity contribution in [1.82, 2.24) is 5.06 Å². The monoisotopic (exact) mass is 161 g/mol. The molecule has 0 unspecified atom stereocenters. The molecule has 0 bridgehead atoms. The van der Waals surface area contributed by atoms with E-state index < -0.39 is 0 Å². The van der Waals surface area contributed by atoms with Gasteiger partial charge in [0.2, 0.25) is 0 Å². The topological polar surface area (TPSA) is 12.5 Å². The third-order valence-electron chi connectivity index (χ3n) is 1.32. The van der Waals surface area contributed by atoms with E-state index in [2.05, 4.69) is 21.1 Å². The first-order chi connectivity index (χ1) is 4.92. The molecule has 0 aromatic rings. The number of hydrogen-bond acceptors (Lipinski definition) is 2. The van der Waals surface area contributed by atoms with Crippen molar-refractivity contribution >= 4 is 0 Å². The number of hydroxylamine groups is 2. The maximum absolute atomic E-state index is 5.26. The van der Waals surface area contributed by atoms with Crippen LogP contribution in [-0.2, 0) is 4.84 Å². The maximum Gasteiger partial charge on any atom is 0.0803 e. The predicted molar refractivity (Wildman–Crippen MR) is 47.2 cm³/mol. The summed E-state index contributed by atoms with van der Waals surface area (Å²) in [5, 5.41) is 1.75. The summed E-state index contributed by atoms with van der Waals surface area (Å²) in [6.45, 7) is 1.98. The van der Waals surface area contributed by atoms with Crippen LogP contribution < -0.4 is 0 Å². The van der Waals surface area contributed by atoms with E-state index in [1.165, 1.54) is 0 Å². The van der Waals surface area contributed by atoms with Crippen LogP contribution in [0, 0.1) is 0 Å². The van der Waals surface area contributed by atoms with Gasteiger partial charge in [0.1, 0.15) is 0 Å². The molecule has 0 saturated carbocycles. The van der Waals surface area contributed by atoms with Gasteiger partial charge in [-0.2, -0.15) is 5.06 Å². The van der Waals surface area contributed by atoms with Gasteiger partial charge < -0.3 is 4.48 Å². The van der Waals surface area contributed by atoms with E-state index in [1.807, 2.05) is 14.1 Å². The third kappa shape index (κ3) is 9.88. The largest absolute Gasteiger partial charge is 0.331 e. The van der Waals surface area contributed by atoms with Gasteiger partial charge in [-0.15, -0.1) is 0 Å². The summed E-state index contributed by atoms with van der Waals surface area (Å²) in [7, 11) is 10.4. The first-order valence-electron chi connectivity index (χ1n) is 4.02. The van der Waals surface area contributed by atoms with Gasteiger partial charge in [0, 0.05) is 20.5 Å². The van der Waals surface area contributed by atoms with Crippen LogP contribution in [-0.4, -0.2) is 57.9 Å². The van der Waals surface area contributed by atoms with E-state index in [0.29, 0.717) is 0 Å². The Morgan fingerprint density at radius 2 is 1.73 bits per heavy atom. The van der Waals surface area contributed by atoms with Crippen LogP contribution in [0.15, 0.2) is 0 Å². The lowest BCUT2D eigenvalue weighted by atomic mass is 10.4. The van der Waals surface area contributed by atoms with Crippen molar-refractivity contribution in [3.8, 4) is 0 Å². The molecule has 0 aliphatic rings. The van der Waals surface area contributed by atoms with Crippen molar-refractivity contribution in [1.29, 1.82) is 0 Å². The summed E-state index contributed by atoms with van der Waals surface area (Å²) in [4.78, 5) is 5.26. The van der Waals surface area contributed by atoms with Crippen LogP contribution in [0.2, 0.25) is 0 Å². The Hall–Kier alpha value is -0.120. The Labute approximate surface area is 70.1 Å². The summed E-state index contributed by atoms with van der Waals surface area (Å²) in [6.07, 6.45) is 1.11. The van der Waals surface area contributed by atoms with Crippen molar-refractivity contribution < 1.29 is 9.32 Å². The van der Waals surface area contributed by atoms with Gasteiger partial charge in [-0.05, 0) is 0 Å². The highest BCUT2D eigenvalue weighted by molar-refractivity contribution is 4.31. The molecule has 0 saturated heterocycles. The minimum atomic E-state index is 0.822. The first kappa shape index (κ1) is 10.9. The summed E-state index contributed by atoms with van der Waals surface area (Å²) < 4.78 is 1.01. The Morgan fingerprint density at radius 3 is 2.09 bits per heavy atom. The predicted octanol–water partition coefficient (Wildman–Crippen LogP) is 0.576. The molecular weight excluding hydrogens is 140 g/mol. The highest BCUT2D eigenvalue weighted by atomic mass is 16.7. The standard InChI is InChI=1S/C8H21N2O/c1-9(2)11-8-6-7-10(3,4)5/h6-8H2,1-5H3/q+1. The lowest BCUT2D eigenvalue weighted by Crippen LogP contribution is -2.36.